The van der Waals surface area contributed by atoms with Crippen molar-refractivity contribution in [2.24, 2.45) is 0 Å². The standard InChI is InChI=1S/C13H12O4/c1-8(14)7-10-9-5-3-4-6-11(9)17-13(15)12(10)16-2/h3-6H,7H2,1-2H3. The molecule has 1 heterocycles. The minimum atomic E-state index is -0.553. The smallest absolute Gasteiger partial charge is 0.379 e. The van der Waals surface area contributed by atoms with Crippen molar-refractivity contribution in [3.8, 4) is 5.75 Å². The molecule has 2 aromatic rings. The first kappa shape index (κ1) is 11.4. The van der Waals surface area contributed by atoms with E-state index in [0.717, 1.165) is 5.39 Å². The number of rotatable bonds is 3. The molecule has 0 atom stereocenters. The van der Waals surface area contributed by atoms with Crippen LogP contribution in [0.4, 0.5) is 0 Å². The van der Waals surface area contributed by atoms with E-state index in [1.165, 1.54) is 14.0 Å². The van der Waals surface area contributed by atoms with Gasteiger partial charge in [-0.25, -0.2) is 4.79 Å². The van der Waals surface area contributed by atoms with Crippen molar-refractivity contribution in [3.05, 3.63) is 40.2 Å². The van der Waals surface area contributed by atoms with Crippen molar-refractivity contribution in [3.63, 3.8) is 0 Å². The normalized spacial score (nSPS) is 10.5. The topological polar surface area (TPSA) is 56.5 Å². The number of para-hydroxylation sites is 1. The predicted octanol–water partition coefficient (Wildman–Crippen LogP) is 1.93. The molecule has 0 radical (unpaired) electrons. The summed E-state index contributed by atoms with van der Waals surface area (Å²) in [7, 11) is 1.39. The second-order valence-corrected chi connectivity index (χ2v) is 3.78. The number of carbonyl (C=O) groups excluding carboxylic acids is 1. The van der Waals surface area contributed by atoms with Gasteiger partial charge in [0.25, 0.3) is 0 Å². The molecule has 1 aromatic carbocycles. The Bertz CT molecular complexity index is 625. The van der Waals surface area contributed by atoms with E-state index in [-0.39, 0.29) is 18.0 Å². The zero-order valence-corrected chi connectivity index (χ0v) is 9.65. The summed E-state index contributed by atoms with van der Waals surface area (Å²) < 4.78 is 10.1. The highest BCUT2D eigenvalue weighted by atomic mass is 16.5. The highest BCUT2D eigenvalue weighted by Crippen LogP contribution is 2.24. The molecule has 0 aliphatic rings. The maximum absolute atomic E-state index is 11.7. The Morgan fingerprint density at radius 2 is 2.06 bits per heavy atom. The average molecular weight is 232 g/mol. The maximum Gasteiger partial charge on any atom is 0.379 e. The van der Waals surface area contributed by atoms with Gasteiger partial charge in [-0.15, -0.1) is 0 Å². The summed E-state index contributed by atoms with van der Waals surface area (Å²) in [4.78, 5) is 22.9. The summed E-state index contributed by atoms with van der Waals surface area (Å²) in [5.41, 5.74) is 0.504. The van der Waals surface area contributed by atoms with E-state index in [1.807, 2.05) is 6.07 Å². The average Bonchev–Trinajstić information content (AvgIpc) is 2.28. The minimum Gasteiger partial charge on any atom is -0.490 e. The monoisotopic (exact) mass is 232 g/mol. The summed E-state index contributed by atoms with van der Waals surface area (Å²) in [6.07, 6.45) is 0.162. The first-order valence-electron chi connectivity index (χ1n) is 5.21. The number of methoxy groups -OCH3 is 1. The summed E-state index contributed by atoms with van der Waals surface area (Å²) in [5, 5.41) is 0.735. The zero-order valence-electron chi connectivity index (χ0n) is 9.65. The molecule has 0 spiro atoms. The van der Waals surface area contributed by atoms with Gasteiger partial charge in [-0.05, 0) is 13.0 Å². The Morgan fingerprint density at radius 1 is 1.35 bits per heavy atom. The van der Waals surface area contributed by atoms with Gasteiger partial charge in [-0.1, -0.05) is 18.2 Å². The molecule has 0 bridgehead atoms. The lowest BCUT2D eigenvalue weighted by molar-refractivity contribution is -0.116. The van der Waals surface area contributed by atoms with E-state index in [4.69, 9.17) is 9.15 Å². The quantitative estimate of drug-likeness (QED) is 0.759. The van der Waals surface area contributed by atoms with Gasteiger partial charge in [-0.2, -0.15) is 0 Å². The van der Waals surface area contributed by atoms with Crippen LogP contribution in [0.15, 0.2) is 33.5 Å². The fourth-order valence-corrected chi connectivity index (χ4v) is 1.83. The Morgan fingerprint density at radius 3 is 2.71 bits per heavy atom. The maximum atomic E-state index is 11.7. The van der Waals surface area contributed by atoms with Crippen LogP contribution in [0.1, 0.15) is 12.5 Å². The predicted molar refractivity (Wildman–Crippen MR) is 63.4 cm³/mol. The number of Topliss-reactive ketones (excluding diaryl/α,β-unsaturated/α-hetero) is 1. The molecule has 0 unspecified atom stereocenters. The highest BCUT2D eigenvalue weighted by molar-refractivity contribution is 5.88. The lowest BCUT2D eigenvalue weighted by atomic mass is 10.0. The molecule has 4 nitrogen and oxygen atoms in total. The summed E-state index contributed by atoms with van der Waals surface area (Å²) in [6.45, 7) is 1.48. The number of hydrogen-bond acceptors (Lipinski definition) is 4. The van der Waals surface area contributed by atoms with Gasteiger partial charge in [-0.3, -0.25) is 4.79 Å². The third-order valence-electron chi connectivity index (χ3n) is 2.50. The first-order valence-corrected chi connectivity index (χ1v) is 5.21. The fraction of sp³-hybridized carbons (Fsp3) is 0.231. The highest BCUT2D eigenvalue weighted by Gasteiger charge is 2.15. The summed E-state index contributed by atoms with van der Waals surface area (Å²) in [6, 6.07) is 7.10. The Kier molecular flexibility index (Phi) is 2.95. The lowest BCUT2D eigenvalue weighted by Crippen LogP contribution is -2.10. The SMILES string of the molecule is COc1c(CC(C)=O)c2ccccc2oc1=O. The third kappa shape index (κ3) is 2.06. The van der Waals surface area contributed by atoms with Crippen LogP contribution in [0, 0.1) is 0 Å². The van der Waals surface area contributed by atoms with E-state index in [2.05, 4.69) is 0 Å². The molecule has 0 saturated heterocycles. The number of benzene rings is 1. The van der Waals surface area contributed by atoms with Crippen LogP contribution in [-0.4, -0.2) is 12.9 Å². The molecule has 0 aliphatic carbocycles. The first-order chi connectivity index (χ1) is 8.13. The molecule has 17 heavy (non-hydrogen) atoms. The van der Waals surface area contributed by atoms with Crippen LogP contribution < -0.4 is 10.4 Å². The van der Waals surface area contributed by atoms with Crippen molar-refractivity contribution in [1.29, 1.82) is 0 Å². The second kappa shape index (κ2) is 4.41. The van der Waals surface area contributed by atoms with Crippen LogP contribution in [0.5, 0.6) is 5.75 Å². The van der Waals surface area contributed by atoms with Gasteiger partial charge >= 0.3 is 5.63 Å². The van der Waals surface area contributed by atoms with Gasteiger partial charge in [0, 0.05) is 17.4 Å². The van der Waals surface area contributed by atoms with Crippen molar-refractivity contribution in [1.82, 2.24) is 0 Å². The molecule has 1 aromatic heterocycles. The van der Waals surface area contributed by atoms with Crippen LogP contribution in [0.3, 0.4) is 0 Å². The molecule has 4 heteroatoms. The molecule has 0 amide bonds. The second-order valence-electron chi connectivity index (χ2n) is 3.78. The minimum absolute atomic E-state index is 0.0287. The fourth-order valence-electron chi connectivity index (χ4n) is 1.83. The number of ketones is 1. The van der Waals surface area contributed by atoms with E-state index in [0.29, 0.717) is 11.1 Å². The molecular formula is C13H12O4. The Hall–Kier alpha value is -2.10. The number of fused-ring (bicyclic) bond motifs is 1. The van der Waals surface area contributed by atoms with Gasteiger partial charge in [0.2, 0.25) is 5.75 Å². The molecular weight excluding hydrogens is 220 g/mol. The van der Waals surface area contributed by atoms with Crippen molar-refractivity contribution < 1.29 is 13.9 Å². The summed E-state index contributed by atoms with van der Waals surface area (Å²) in [5.74, 6) is 0.0814. The van der Waals surface area contributed by atoms with E-state index >= 15 is 0 Å². The van der Waals surface area contributed by atoms with Crippen LogP contribution >= 0.6 is 0 Å². The molecule has 0 aliphatic heterocycles. The van der Waals surface area contributed by atoms with Gasteiger partial charge in [0.15, 0.2) is 0 Å². The van der Waals surface area contributed by atoms with Gasteiger partial charge < -0.3 is 9.15 Å². The number of hydrogen-bond donors (Lipinski definition) is 0. The molecule has 0 fully saturated rings. The third-order valence-corrected chi connectivity index (χ3v) is 2.50. The van der Waals surface area contributed by atoms with Crippen LogP contribution in [0.25, 0.3) is 11.0 Å². The largest absolute Gasteiger partial charge is 0.490 e. The van der Waals surface area contributed by atoms with Crippen molar-refractivity contribution in [2.75, 3.05) is 7.11 Å². The Labute approximate surface area is 97.8 Å². The van der Waals surface area contributed by atoms with Crippen molar-refractivity contribution in [2.45, 2.75) is 13.3 Å². The van der Waals surface area contributed by atoms with Crippen LogP contribution in [0.2, 0.25) is 0 Å². The van der Waals surface area contributed by atoms with Gasteiger partial charge in [0.05, 0.1) is 7.11 Å². The lowest BCUT2D eigenvalue weighted by Gasteiger charge is -2.08. The molecule has 0 saturated carbocycles. The molecule has 0 N–H and O–H groups in total. The van der Waals surface area contributed by atoms with Crippen molar-refractivity contribution >= 4 is 16.8 Å². The summed E-state index contributed by atoms with van der Waals surface area (Å²) >= 11 is 0. The van der Waals surface area contributed by atoms with E-state index < -0.39 is 5.63 Å². The Balaban J connectivity index is 2.81. The van der Waals surface area contributed by atoms with E-state index in [1.54, 1.807) is 18.2 Å². The number of ether oxygens (including phenoxy) is 1. The van der Waals surface area contributed by atoms with E-state index in [9.17, 15) is 9.59 Å². The molecule has 88 valence electrons. The number of carbonyl (C=O) groups is 1. The van der Waals surface area contributed by atoms with Gasteiger partial charge in [0.1, 0.15) is 11.4 Å². The molecule has 2 rings (SSSR count). The zero-order chi connectivity index (χ0) is 12.4. The van der Waals surface area contributed by atoms with Crippen LogP contribution in [-0.2, 0) is 11.2 Å².